The molecule has 0 aromatic heterocycles. The van der Waals surface area contributed by atoms with Crippen LogP contribution < -0.4 is 0 Å². The molecule has 0 aliphatic carbocycles. The number of aldehydes is 1. The molecule has 1 aliphatic rings. The summed E-state index contributed by atoms with van der Waals surface area (Å²) >= 11 is 0. The molecule has 1 aromatic carbocycles. The van der Waals surface area contributed by atoms with Gasteiger partial charge in [0.15, 0.2) is 12.4 Å². The first-order chi connectivity index (χ1) is 6.90. The third-order valence-electron chi connectivity index (χ3n) is 2.43. The van der Waals surface area contributed by atoms with E-state index in [2.05, 4.69) is 12.1 Å². The van der Waals surface area contributed by atoms with Crippen molar-refractivity contribution in [1.82, 2.24) is 0 Å². The Hall–Kier alpha value is -1.57. The Morgan fingerprint density at radius 3 is 2.79 bits per heavy atom. The molecule has 1 heterocycles. The number of rotatable bonds is 3. The average molecular weight is 188 g/mol. The summed E-state index contributed by atoms with van der Waals surface area (Å²) in [5, 5.41) is 0. The molecule has 1 aromatic rings. The van der Waals surface area contributed by atoms with E-state index in [-0.39, 0.29) is 12.0 Å². The molecule has 0 saturated carbocycles. The van der Waals surface area contributed by atoms with Gasteiger partial charge in [0.05, 0.1) is 6.26 Å². The molecule has 0 fully saturated rings. The van der Waals surface area contributed by atoms with Crippen LogP contribution in [0.4, 0.5) is 0 Å². The predicted octanol–water partition coefficient (Wildman–Crippen LogP) is 1.96. The van der Waals surface area contributed by atoms with Gasteiger partial charge in [-0.3, -0.25) is 4.79 Å². The highest BCUT2D eigenvalue weighted by Gasteiger charge is 2.23. The van der Waals surface area contributed by atoms with Crippen LogP contribution in [0.15, 0.2) is 42.7 Å². The Bertz CT molecular complexity index is 329. The Morgan fingerprint density at radius 1 is 1.29 bits per heavy atom. The van der Waals surface area contributed by atoms with Gasteiger partial charge in [-0.2, -0.15) is 0 Å². The smallest absolute Gasteiger partial charge is 0.161 e. The van der Waals surface area contributed by atoms with Gasteiger partial charge >= 0.3 is 0 Å². The zero-order chi connectivity index (χ0) is 9.80. The molecular weight excluding hydrogens is 176 g/mol. The Kier molecular flexibility index (Phi) is 2.63. The van der Waals surface area contributed by atoms with Crippen LogP contribution in [0.2, 0.25) is 0 Å². The molecule has 0 N–H and O–H groups in total. The Balaban J connectivity index is 2.04. The summed E-state index contributed by atoms with van der Waals surface area (Å²) in [6, 6.07) is 10.1. The summed E-state index contributed by atoms with van der Waals surface area (Å²) in [6.07, 6.45) is 5.00. The molecule has 2 heteroatoms. The van der Waals surface area contributed by atoms with Gasteiger partial charge in [-0.25, -0.2) is 0 Å². The molecule has 0 bridgehead atoms. The molecule has 0 spiro atoms. The van der Waals surface area contributed by atoms with Gasteiger partial charge in [0.25, 0.3) is 0 Å². The summed E-state index contributed by atoms with van der Waals surface area (Å²) in [6.45, 7) is 0. The van der Waals surface area contributed by atoms with E-state index >= 15 is 0 Å². The van der Waals surface area contributed by atoms with Gasteiger partial charge in [-0.05, 0) is 18.1 Å². The highest BCUT2D eigenvalue weighted by atomic mass is 16.5. The molecule has 2 unspecified atom stereocenters. The van der Waals surface area contributed by atoms with E-state index in [0.29, 0.717) is 0 Å². The van der Waals surface area contributed by atoms with Crippen LogP contribution in [0.25, 0.3) is 0 Å². The zero-order valence-corrected chi connectivity index (χ0v) is 7.80. The lowest BCUT2D eigenvalue weighted by Crippen LogP contribution is -2.19. The van der Waals surface area contributed by atoms with Crippen LogP contribution in [0.3, 0.4) is 0 Å². The van der Waals surface area contributed by atoms with Crippen molar-refractivity contribution >= 4 is 6.29 Å². The van der Waals surface area contributed by atoms with E-state index in [1.807, 2.05) is 24.3 Å². The standard InChI is InChI=1S/C12H12O2/c13-9-12-11(6-7-14-12)8-10-4-2-1-3-5-10/h1-7,9,11-12H,8H2. The lowest BCUT2D eigenvalue weighted by atomic mass is 9.96. The van der Waals surface area contributed by atoms with Gasteiger partial charge < -0.3 is 4.74 Å². The monoisotopic (exact) mass is 188 g/mol. The second-order valence-corrected chi connectivity index (χ2v) is 3.42. The molecule has 2 rings (SSSR count). The second-order valence-electron chi connectivity index (χ2n) is 3.42. The first-order valence-corrected chi connectivity index (χ1v) is 4.71. The summed E-state index contributed by atoms with van der Waals surface area (Å²) < 4.78 is 5.14. The number of hydrogen-bond donors (Lipinski definition) is 0. The van der Waals surface area contributed by atoms with Crippen molar-refractivity contribution in [2.75, 3.05) is 0 Å². The van der Waals surface area contributed by atoms with Crippen molar-refractivity contribution in [3.05, 3.63) is 48.2 Å². The summed E-state index contributed by atoms with van der Waals surface area (Å²) in [4.78, 5) is 10.6. The van der Waals surface area contributed by atoms with Crippen LogP contribution in [-0.2, 0) is 16.0 Å². The zero-order valence-electron chi connectivity index (χ0n) is 7.80. The molecule has 2 atom stereocenters. The summed E-state index contributed by atoms with van der Waals surface area (Å²) in [7, 11) is 0. The fourth-order valence-corrected chi connectivity index (χ4v) is 1.65. The first kappa shape index (κ1) is 9.00. The number of ether oxygens (including phenoxy) is 1. The number of carbonyl (C=O) groups excluding carboxylic acids is 1. The molecule has 1 aliphatic heterocycles. The third kappa shape index (κ3) is 1.84. The SMILES string of the molecule is O=CC1OC=CC1Cc1ccccc1. The van der Waals surface area contributed by atoms with Crippen molar-refractivity contribution in [3.8, 4) is 0 Å². The second kappa shape index (κ2) is 4.09. The van der Waals surface area contributed by atoms with Crippen molar-refractivity contribution in [3.63, 3.8) is 0 Å². The minimum absolute atomic E-state index is 0.190. The molecule has 2 nitrogen and oxygen atoms in total. The van der Waals surface area contributed by atoms with Crippen molar-refractivity contribution in [1.29, 1.82) is 0 Å². The van der Waals surface area contributed by atoms with E-state index in [4.69, 9.17) is 4.74 Å². The largest absolute Gasteiger partial charge is 0.490 e. The van der Waals surface area contributed by atoms with Crippen LogP contribution in [0.5, 0.6) is 0 Å². The molecule has 0 radical (unpaired) electrons. The highest BCUT2D eigenvalue weighted by molar-refractivity contribution is 5.58. The number of hydrogen-bond acceptors (Lipinski definition) is 2. The predicted molar refractivity (Wildman–Crippen MR) is 53.7 cm³/mol. The Labute approximate surface area is 83.2 Å². The maximum atomic E-state index is 10.6. The van der Waals surface area contributed by atoms with Gasteiger partial charge in [0.2, 0.25) is 0 Å². The maximum Gasteiger partial charge on any atom is 0.161 e. The van der Waals surface area contributed by atoms with Crippen molar-refractivity contribution in [2.24, 2.45) is 5.92 Å². The van der Waals surface area contributed by atoms with Crippen molar-refractivity contribution in [2.45, 2.75) is 12.5 Å². The molecule has 72 valence electrons. The fraction of sp³-hybridized carbons (Fsp3) is 0.250. The molecular formula is C12H12O2. The summed E-state index contributed by atoms with van der Waals surface area (Å²) in [5.41, 5.74) is 1.24. The number of carbonyl (C=O) groups is 1. The van der Waals surface area contributed by atoms with Crippen LogP contribution in [0.1, 0.15) is 5.56 Å². The average Bonchev–Trinajstić information content (AvgIpc) is 2.67. The third-order valence-corrected chi connectivity index (χ3v) is 2.43. The first-order valence-electron chi connectivity index (χ1n) is 4.71. The number of benzene rings is 1. The van der Waals surface area contributed by atoms with E-state index in [0.717, 1.165) is 12.7 Å². The van der Waals surface area contributed by atoms with Gasteiger partial charge in [0.1, 0.15) is 0 Å². The minimum atomic E-state index is -0.296. The van der Waals surface area contributed by atoms with E-state index in [9.17, 15) is 4.79 Å². The van der Waals surface area contributed by atoms with Gasteiger partial charge in [0, 0.05) is 5.92 Å². The van der Waals surface area contributed by atoms with E-state index in [1.165, 1.54) is 5.56 Å². The van der Waals surface area contributed by atoms with Gasteiger partial charge in [-0.15, -0.1) is 0 Å². The van der Waals surface area contributed by atoms with Crippen LogP contribution in [0, 0.1) is 5.92 Å². The quantitative estimate of drug-likeness (QED) is 0.678. The Morgan fingerprint density at radius 2 is 2.07 bits per heavy atom. The fourth-order valence-electron chi connectivity index (χ4n) is 1.65. The van der Waals surface area contributed by atoms with Crippen LogP contribution in [-0.4, -0.2) is 12.4 Å². The van der Waals surface area contributed by atoms with E-state index in [1.54, 1.807) is 6.26 Å². The van der Waals surface area contributed by atoms with Gasteiger partial charge in [-0.1, -0.05) is 30.3 Å². The molecule has 0 saturated heterocycles. The highest BCUT2D eigenvalue weighted by Crippen LogP contribution is 2.20. The molecule has 14 heavy (non-hydrogen) atoms. The normalized spacial score (nSPS) is 24.6. The summed E-state index contributed by atoms with van der Waals surface area (Å²) in [5.74, 6) is 0.190. The minimum Gasteiger partial charge on any atom is -0.490 e. The lowest BCUT2D eigenvalue weighted by Gasteiger charge is -2.12. The topological polar surface area (TPSA) is 26.3 Å². The maximum absolute atomic E-state index is 10.6. The lowest BCUT2D eigenvalue weighted by molar-refractivity contribution is -0.115. The van der Waals surface area contributed by atoms with Crippen LogP contribution >= 0.6 is 0 Å². The molecule has 0 amide bonds. The van der Waals surface area contributed by atoms with Crippen molar-refractivity contribution < 1.29 is 9.53 Å². The van der Waals surface area contributed by atoms with E-state index < -0.39 is 0 Å².